The average molecular weight is 710 g/mol. The minimum Gasteiger partial charge on any atom is -0.492 e. The summed E-state index contributed by atoms with van der Waals surface area (Å²) in [5.74, 6) is -8.17. The van der Waals surface area contributed by atoms with E-state index in [1.54, 1.807) is 7.05 Å². The molecule has 2 aliphatic heterocycles. The molecular weight excluding hydrogens is 666 g/mol. The van der Waals surface area contributed by atoms with Crippen molar-refractivity contribution in [1.29, 1.82) is 0 Å². The molecule has 1 aromatic heterocycles. The van der Waals surface area contributed by atoms with Gasteiger partial charge in [-0.05, 0) is 42.6 Å². The Bertz CT molecular complexity index is 1820. The minimum absolute atomic E-state index is 0.0661. The number of carbonyl (C=O) groups is 6. The molecule has 6 fully saturated rings. The third-order valence-electron chi connectivity index (χ3n) is 12.7. The molecule has 14 heteroatoms. The molecular formula is C37H43NO13. The number of carbonyl (C=O) groups excluding carboxylic acids is 6. The zero-order valence-electron chi connectivity index (χ0n) is 29.3. The highest BCUT2D eigenvalue weighted by molar-refractivity contribution is 6.23. The Labute approximate surface area is 294 Å². The van der Waals surface area contributed by atoms with Crippen molar-refractivity contribution in [1.82, 2.24) is 4.57 Å². The number of aliphatic hydroxyl groups excluding tert-OH is 1. The number of rotatable bonds is 8. The lowest BCUT2D eigenvalue weighted by Crippen LogP contribution is -2.86. The SMILES string of the molecule is C=C1C(=O)[C@]23[C@H](OC(=O)CCC(=O)OCc4cn(C)c5c4C(=O)C(OC)=CC5=O)[C@H]1CC[C@H]2[C@@]12CO[C@@]3(O)[C@@H](O)[C@@H]1C(C)(C)CCC2OC(C)=O. The van der Waals surface area contributed by atoms with Gasteiger partial charge in [0.25, 0.3) is 0 Å². The minimum atomic E-state index is -2.43. The van der Waals surface area contributed by atoms with Gasteiger partial charge >= 0.3 is 17.9 Å². The number of nitrogens with zero attached hydrogens (tertiary/aromatic N) is 1. The van der Waals surface area contributed by atoms with Gasteiger partial charge < -0.3 is 38.5 Å². The van der Waals surface area contributed by atoms with Crippen LogP contribution in [0.2, 0.25) is 0 Å². The number of ketones is 3. The Kier molecular flexibility index (Phi) is 8.08. The molecule has 9 atom stereocenters. The third-order valence-corrected chi connectivity index (χ3v) is 12.7. The van der Waals surface area contributed by atoms with Gasteiger partial charge in [-0.25, -0.2) is 0 Å². The van der Waals surface area contributed by atoms with E-state index in [4.69, 9.17) is 23.7 Å². The summed E-state index contributed by atoms with van der Waals surface area (Å²) in [6.45, 7) is 8.89. The van der Waals surface area contributed by atoms with Gasteiger partial charge in [0, 0.05) is 49.1 Å². The second-order valence-electron chi connectivity index (χ2n) is 15.6. The van der Waals surface area contributed by atoms with Crippen LogP contribution in [-0.2, 0) is 56.5 Å². The lowest BCUT2D eigenvalue weighted by atomic mass is 9.35. The van der Waals surface area contributed by atoms with Crippen molar-refractivity contribution in [3.63, 3.8) is 0 Å². The van der Waals surface area contributed by atoms with E-state index in [-0.39, 0.29) is 35.8 Å². The van der Waals surface area contributed by atoms with Gasteiger partial charge in [-0.15, -0.1) is 0 Å². The Morgan fingerprint density at radius 2 is 1.78 bits per heavy atom. The van der Waals surface area contributed by atoms with Crippen LogP contribution in [0, 0.1) is 34.0 Å². The van der Waals surface area contributed by atoms with Gasteiger partial charge in [-0.1, -0.05) is 20.4 Å². The summed E-state index contributed by atoms with van der Waals surface area (Å²) in [4.78, 5) is 78.6. The number of hydrogen-bond donors (Lipinski definition) is 2. The first-order chi connectivity index (χ1) is 24.0. The van der Waals surface area contributed by atoms with Crippen molar-refractivity contribution in [2.24, 2.45) is 41.0 Å². The summed E-state index contributed by atoms with van der Waals surface area (Å²) in [6, 6.07) is 0. The number of aliphatic hydroxyl groups is 2. The van der Waals surface area contributed by atoms with Crippen molar-refractivity contribution in [3.05, 3.63) is 47.0 Å². The van der Waals surface area contributed by atoms with Crippen LogP contribution in [0.1, 0.15) is 85.7 Å². The van der Waals surface area contributed by atoms with Crippen LogP contribution in [0.4, 0.5) is 0 Å². The van der Waals surface area contributed by atoms with Gasteiger partial charge in [0.05, 0.1) is 32.1 Å². The third kappa shape index (κ3) is 4.58. The molecule has 8 rings (SSSR count). The molecule has 0 radical (unpaired) electrons. The van der Waals surface area contributed by atoms with Crippen molar-refractivity contribution in [2.45, 2.75) is 90.0 Å². The quantitative estimate of drug-likeness (QED) is 0.227. The number of aromatic nitrogens is 1. The summed E-state index contributed by atoms with van der Waals surface area (Å²) in [7, 11) is 2.86. The van der Waals surface area contributed by atoms with Crippen molar-refractivity contribution in [2.75, 3.05) is 13.7 Å². The highest BCUT2D eigenvalue weighted by Crippen LogP contribution is 2.77. The second kappa shape index (κ2) is 11.7. The lowest BCUT2D eigenvalue weighted by molar-refractivity contribution is -0.458. The largest absolute Gasteiger partial charge is 0.492 e. The van der Waals surface area contributed by atoms with Gasteiger partial charge in [-0.2, -0.15) is 0 Å². The molecule has 2 saturated heterocycles. The lowest BCUT2D eigenvalue weighted by Gasteiger charge is -2.74. The maximum Gasteiger partial charge on any atom is 0.306 e. The van der Waals surface area contributed by atoms with E-state index in [1.807, 2.05) is 13.8 Å². The molecule has 3 heterocycles. The standard InChI is InChI=1S/C37H43NO13/c1-17-20-7-8-23-35-16-49-37(46,32(45)30(35)34(3,4)12-11-24(35)50-18(2)39)36(23,31(17)44)33(20)51-26(42)10-9-25(41)48-15-19-14-38(5)28-21(40)13-22(47-6)29(43)27(19)28/h13-14,20,23-24,30,32-33,45-46H,1,7-12,15-16H2,2-6H3/t20-,23-,24?,30+,32-,33+,35+,36-,37-/m0/s1. The first kappa shape index (κ1) is 35.3. The number of allylic oxidation sites excluding steroid dienone is 2. The number of methoxy groups -OCH3 is 1. The van der Waals surface area contributed by atoms with E-state index in [1.165, 1.54) is 24.8 Å². The van der Waals surface area contributed by atoms with Crippen LogP contribution in [0.5, 0.6) is 0 Å². The van der Waals surface area contributed by atoms with E-state index in [0.717, 1.165) is 6.08 Å². The molecule has 1 unspecified atom stereocenters. The molecule has 7 aliphatic rings. The average Bonchev–Trinajstić information content (AvgIpc) is 3.46. The molecule has 5 aliphatic carbocycles. The second-order valence-corrected chi connectivity index (χ2v) is 15.6. The fourth-order valence-electron chi connectivity index (χ4n) is 10.9. The summed E-state index contributed by atoms with van der Waals surface area (Å²) in [6.07, 6.45) is 0.0496. The molecule has 274 valence electrons. The maximum absolute atomic E-state index is 14.4. The molecule has 14 nitrogen and oxygen atoms in total. The summed E-state index contributed by atoms with van der Waals surface area (Å²) in [5, 5.41) is 24.5. The van der Waals surface area contributed by atoms with E-state index in [9.17, 15) is 39.0 Å². The maximum atomic E-state index is 14.4. The Hall–Kier alpha value is -4.14. The fourth-order valence-corrected chi connectivity index (χ4v) is 10.9. The molecule has 0 amide bonds. The number of hydrogen-bond acceptors (Lipinski definition) is 13. The first-order valence-corrected chi connectivity index (χ1v) is 17.3. The number of esters is 3. The van der Waals surface area contributed by atoms with Crippen LogP contribution in [0.3, 0.4) is 0 Å². The molecule has 0 aromatic carbocycles. The topological polar surface area (TPSA) is 194 Å². The summed E-state index contributed by atoms with van der Waals surface area (Å²) in [5.41, 5.74) is -2.86. The van der Waals surface area contributed by atoms with Crippen molar-refractivity contribution >= 4 is 35.3 Å². The Balaban J connectivity index is 1.12. The van der Waals surface area contributed by atoms with Crippen LogP contribution < -0.4 is 0 Å². The predicted molar refractivity (Wildman–Crippen MR) is 172 cm³/mol. The van der Waals surface area contributed by atoms with Crippen molar-refractivity contribution < 1.29 is 62.7 Å². The summed E-state index contributed by atoms with van der Waals surface area (Å²) < 4.78 is 30.0. The van der Waals surface area contributed by atoms with E-state index in [2.05, 4.69) is 6.58 Å². The van der Waals surface area contributed by atoms with E-state index < -0.39 is 106 Å². The van der Waals surface area contributed by atoms with Gasteiger partial charge in [0.2, 0.25) is 17.4 Å². The highest BCUT2D eigenvalue weighted by atomic mass is 16.7. The monoisotopic (exact) mass is 709 g/mol. The van der Waals surface area contributed by atoms with Crippen LogP contribution in [0.25, 0.3) is 0 Å². The molecule has 1 aromatic rings. The highest BCUT2D eigenvalue weighted by Gasteiger charge is 2.88. The molecule has 2 N–H and O–H groups in total. The Morgan fingerprint density at radius 1 is 1.08 bits per heavy atom. The number of ether oxygens (including phenoxy) is 5. The summed E-state index contributed by atoms with van der Waals surface area (Å²) >= 11 is 0. The van der Waals surface area contributed by atoms with E-state index in [0.29, 0.717) is 31.2 Å². The zero-order valence-corrected chi connectivity index (χ0v) is 29.3. The van der Waals surface area contributed by atoms with Gasteiger partial charge in [0.15, 0.2) is 11.5 Å². The number of fused-ring (bicyclic) bond motifs is 3. The normalized spacial score (nSPS) is 37.2. The smallest absolute Gasteiger partial charge is 0.306 e. The predicted octanol–water partition coefficient (Wildman–Crippen LogP) is 2.27. The van der Waals surface area contributed by atoms with E-state index >= 15 is 0 Å². The van der Waals surface area contributed by atoms with Crippen LogP contribution in [0.15, 0.2) is 30.2 Å². The van der Waals surface area contributed by atoms with Crippen LogP contribution in [-0.4, -0.2) is 87.9 Å². The fraction of sp³-hybridized carbons (Fsp3) is 0.622. The molecule has 4 saturated carbocycles. The molecule has 4 bridgehead atoms. The van der Waals surface area contributed by atoms with Crippen LogP contribution >= 0.6 is 0 Å². The zero-order chi connectivity index (χ0) is 37.0. The number of Topliss-reactive ketones (excluding diaryl/α,β-unsaturated/α-hetero) is 2. The number of aryl methyl sites for hydroxylation is 1. The van der Waals surface area contributed by atoms with Gasteiger partial charge in [-0.3, -0.25) is 28.8 Å². The Morgan fingerprint density at radius 3 is 2.47 bits per heavy atom. The molecule has 51 heavy (non-hydrogen) atoms. The molecule has 2 spiro atoms. The van der Waals surface area contributed by atoms with Crippen molar-refractivity contribution in [3.8, 4) is 0 Å². The first-order valence-electron chi connectivity index (χ1n) is 17.3. The van der Waals surface area contributed by atoms with Gasteiger partial charge in [0.1, 0.15) is 36.0 Å².